The third-order valence-electron chi connectivity index (χ3n) is 4.31. The smallest absolute Gasteiger partial charge is 0.250 e. The monoisotopic (exact) mass is 362 g/mol. The van der Waals surface area contributed by atoms with E-state index in [9.17, 15) is 4.79 Å². The first-order valence-electron chi connectivity index (χ1n) is 8.53. The molecule has 1 N–H and O–H groups in total. The zero-order chi connectivity index (χ0) is 18.7. The molecule has 0 saturated carbocycles. The van der Waals surface area contributed by atoms with E-state index in [2.05, 4.69) is 42.3 Å². The van der Waals surface area contributed by atoms with Crippen LogP contribution in [-0.4, -0.2) is 10.9 Å². The van der Waals surface area contributed by atoms with Gasteiger partial charge in [-0.1, -0.05) is 42.0 Å². The molecule has 0 aliphatic carbocycles. The van der Waals surface area contributed by atoms with E-state index >= 15 is 0 Å². The molecule has 26 heavy (non-hydrogen) atoms. The van der Waals surface area contributed by atoms with E-state index in [4.69, 9.17) is 0 Å². The lowest BCUT2D eigenvalue weighted by Crippen LogP contribution is -2.07. The lowest BCUT2D eigenvalue weighted by molar-refractivity contribution is -0.111. The topological polar surface area (TPSA) is 42.0 Å². The van der Waals surface area contributed by atoms with Gasteiger partial charge in [-0.15, -0.1) is 11.3 Å². The Morgan fingerprint density at radius 3 is 2.42 bits per heavy atom. The highest BCUT2D eigenvalue weighted by molar-refractivity contribution is 7.16. The predicted molar refractivity (Wildman–Crippen MR) is 111 cm³/mol. The van der Waals surface area contributed by atoms with Crippen molar-refractivity contribution < 1.29 is 4.79 Å². The van der Waals surface area contributed by atoms with Crippen molar-refractivity contribution in [3.8, 4) is 11.3 Å². The van der Waals surface area contributed by atoms with Crippen LogP contribution in [0.2, 0.25) is 0 Å². The highest BCUT2D eigenvalue weighted by atomic mass is 32.1. The molecule has 1 aromatic heterocycles. The first kappa shape index (κ1) is 18.1. The van der Waals surface area contributed by atoms with Crippen LogP contribution in [0.3, 0.4) is 0 Å². The van der Waals surface area contributed by atoms with Gasteiger partial charge in [0.2, 0.25) is 5.91 Å². The summed E-state index contributed by atoms with van der Waals surface area (Å²) in [5, 5.41) is 3.48. The minimum atomic E-state index is -0.175. The molecule has 0 fully saturated rings. The molecule has 3 nitrogen and oxygen atoms in total. The number of nitrogens with zero attached hydrogens (tertiary/aromatic N) is 1. The fraction of sp³-hybridized carbons (Fsp3) is 0.182. The molecule has 0 saturated heterocycles. The number of carbonyl (C=O) groups excluding carboxylic acids is 1. The Kier molecular flexibility index (Phi) is 5.33. The van der Waals surface area contributed by atoms with Crippen LogP contribution in [0.1, 0.15) is 27.1 Å². The normalized spacial score (nSPS) is 11.1. The average Bonchev–Trinajstić information content (AvgIpc) is 2.97. The molecule has 4 heteroatoms. The Balaban J connectivity index is 1.73. The molecule has 0 atom stereocenters. The van der Waals surface area contributed by atoms with E-state index in [1.807, 2.05) is 38.1 Å². The van der Waals surface area contributed by atoms with Crippen LogP contribution in [0, 0.1) is 27.7 Å². The molecule has 0 spiro atoms. The predicted octanol–water partition coefficient (Wildman–Crippen LogP) is 5.70. The minimum Gasteiger partial charge on any atom is -0.298 e. The quantitative estimate of drug-likeness (QED) is 0.605. The Labute approximate surface area is 158 Å². The van der Waals surface area contributed by atoms with Gasteiger partial charge < -0.3 is 0 Å². The van der Waals surface area contributed by atoms with Crippen LogP contribution < -0.4 is 5.32 Å². The summed E-state index contributed by atoms with van der Waals surface area (Å²) in [6, 6.07) is 14.4. The highest BCUT2D eigenvalue weighted by Crippen LogP contribution is 2.31. The first-order chi connectivity index (χ1) is 12.4. The van der Waals surface area contributed by atoms with Crippen LogP contribution in [-0.2, 0) is 4.79 Å². The van der Waals surface area contributed by atoms with Gasteiger partial charge in [-0.2, -0.15) is 0 Å². The van der Waals surface area contributed by atoms with Gasteiger partial charge in [0.1, 0.15) is 0 Å². The van der Waals surface area contributed by atoms with Gasteiger partial charge in [0.05, 0.1) is 5.69 Å². The Morgan fingerprint density at radius 1 is 1.00 bits per heavy atom. The molecule has 3 rings (SSSR count). The molecule has 132 valence electrons. The van der Waals surface area contributed by atoms with Crippen LogP contribution in [0.5, 0.6) is 0 Å². The Morgan fingerprint density at radius 2 is 1.73 bits per heavy atom. The number of aromatic nitrogens is 1. The second-order valence-electron chi connectivity index (χ2n) is 6.46. The second kappa shape index (κ2) is 7.67. The summed E-state index contributed by atoms with van der Waals surface area (Å²) in [6.07, 6.45) is 3.34. The Bertz CT molecular complexity index is 968. The van der Waals surface area contributed by atoms with E-state index in [-0.39, 0.29) is 5.91 Å². The van der Waals surface area contributed by atoms with Crippen molar-refractivity contribution >= 4 is 28.5 Å². The maximum Gasteiger partial charge on any atom is 0.250 e. The van der Waals surface area contributed by atoms with Crippen LogP contribution in [0.25, 0.3) is 17.3 Å². The lowest BCUT2D eigenvalue weighted by atomic mass is 10.0. The fourth-order valence-electron chi connectivity index (χ4n) is 2.60. The maximum absolute atomic E-state index is 12.2. The minimum absolute atomic E-state index is 0.175. The van der Waals surface area contributed by atoms with E-state index < -0.39 is 0 Å². The number of thiazole rings is 1. The summed E-state index contributed by atoms with van der Waals surface area (Å²) >= 11 is 1.49. The summed E-state index contributed by atoms with van der Waals surface area (Å²) in [4.78, 5) is 17.9. The number of hydrogen-bond acceptors (Lipinski definition) is 3. The third-order valence-corrected chi connectivity index (χ3v) is 5.20. The van der Waals surface area contributed by atoms with Crippen molar-refractivity contribution in [3.63, 3.8) is 0 Å². The van der Waals surface area contributed by atoms with Crippen molar-refractivity contribution in [1.29, 1.82) is 0 Å². The zero-order valence-electron chi connectivity index (χ0n) is 15.5. The van der Waals surface area contributed by atoms with Crippen molar-refractivity contribution in [3.05, 3.63) is 75.7 Å². The SMILES string of the molecule is Cc1ccc(/C=C/C(=O)Nc2nc(-c3ccc(C)c(C)c3)c(C)s2)cc1. The summed E-state index contributed by atoms with van der Waals surface area (Å²) in [5.41, 5.74) is 6.70. The van der Waals surface area contributed by atoms with Crippen LogP contribution in [0.15, 0.2) is 48.5 Å². The van der Waals surface area contributed by atoms with Crippen molar-refractivity contribution in [2.45, 2.75) is 27.7 Å². The van der Waals surface area contributed by atoms with E-state index in [1.54, 1.807) is 6.08 Å². The number of benzene rings is 2. The van der Waals surface area contributed by atoms with Gasteiger partial charge in [0, 0.05) is 16.5 Å². The third kappa shape index (κ3) is 4.27. The van der Waals surface area contributed by atoms with Crippen LogP contribution in [0.4, 0.5) is 5.13 Å². The standard InChI is InChI=1S/C22H22N2OS/c1-14-5-8-18(9-6-14)10-12-20(25)23-22-24-21(17(4)26-22)19-11-7-15(2)16(3)13-19/h5-13H,1-4H3,(H,23,24,25)/b12-10+. The van der Waals surface area contributed by atoms with Crippen molar-refractivity contribution in [1.82, 2.24) is 4.98 Å². The lowest BCUT2D eigenvalue weighted by Gasteiger charge is -2.03. The highest BCUT2D eigenvalue weighted by Gasteiger charge is 2.11. The van der Waals surface area contributed by atoms with E-state index in [1.165, 1.54) is 34.1 Å². The number of amides is 1. The van der Waals surface area contributed by atoms with Gasteiger partial charge in [-0.25, -0.2) is 4.98 Å². The molecular weight excluding hydrogens is 340 g/mol. The molecule has 0 radical (unpaired) electrons. The number of rotatable bonds is 4. The molecule has 0 unspecified atom stereocenters. The number of anilines is 1. The number of hydrogen-bond donors (Lipinski definition) is 1. The zero-order valence-corrected chi connectivity index (χ0v) is 16.3. The van der Waals surface area contributed by atoms with Gasteiger partial charge in [-0.3, -0.25) is 10.1 Å². The fourth-order valence-corrected chi connectivity index (χ4v) is 3.44. The van der Waals surface area contributed by atoms with Gasteiger partial charge >= 0.3 is 0 Å². The Hall–Kier alpha value is -2.72. The van der Waals surface area contributed by atoms with Gasteiger partial charge in [0.15, 0.2) is 5.13 Å². The molecular formula is C22H22N2OS. The first-order valence-corrected chi connectivity index (χ1v) is 9.35. The van der Waals surface area contributed by atoms with Crippen LogP contribution >= 0.6 is 11.3 Å². The van der Waals surface area contributed by atoms with Gasteiger partial charge in [-0.05, 0) is 56.5 Å². The molecule has 2 aromatic carbocycles. The summed E-state index contributed by atoms with van der Waals surface area (Å²) in [6.45, 7) is 8.26. The van der Waals surface area contributed by atoms with Crippen molar-refractivity contribution in [2.24, 2.45) is 0 Å². The van der Waals surface area contributed by atoms with Crippen molar-refractivity contribution in [2.75, 3.05) is 5.32 Å². The second-order valence-corrected chi connectivity index (χ2v) is 7.66. The summed E-state index contributed by atoms with van der Waals surface area (Å²) < 4.78 is 0. The van der Waals surface area contributed by atoms with E-state index in [0.29, 0.717) is 5.13 Å². The number of carbonyl (C=O) groups is 1. The largest absolute Gasteiger partial charge is 0.298 e. The molecule has 0 aliphatic heterocycles. The maximum atomic E-state index is 12.2. The number of nitrogens with one attached hydrogen (secondary N) is 1. The summed E-state index contributed by atoms with van der Waals surface area (Å²) in [7, 11) is 0. The molecule has 3 aromatic rings. The molecule has 0 aliphatic rings. The molecule has 1 heterocycles. The summed E-state index contributed by atoms with van der Waals surface area (Å²) in [5.74, 6) is -0.175. The molecule has 0 bridgehead atoms. The average molecular weight is 362 g/mol. The van der Waals surface area contributed by atoms with Gasteiger partial charge in [0.25, 0.3) is 0 Å². The molecule has 1 amide bonds. The number of aryl methyl sites for hydroxylation is 4. The van der Waals surface area contributed by atoms with E-state index in [0.717, 1.165) is 21.7 Å².